The number of benzene rings is 2. The Kier molecular flexibility index (Phi) is 3.84. The van der Waals surface area contributed by atoms with Crippen molar-refractivity contribution < 1.29 is 5.73 Å². The standard InChI is InChI=1S/C20H17N5/c21-11-13-6-8-15(9-7-13)18-17(14-4-2-1-3-5-14)10-16-12-23-20(22)25-19(16)24-18/h1-10,12H,11,21H2,(H2,22,23,24,25)/p+1. The van der Waals surface area contributed by atoms with Crippen molar-refractivity contribution >= 4 is 17.0 Å². The smallest absolute Gasteiger partial charge is 0.222 e. The third-order valence-electron chi connectivity index (χ3n) is 4.19. The fraction of sp³-hybridized carbons (Fsp3) is 0.0500. The number of aromatic nitrogens is 3. The highest BCUT2D eigenvalue weighted by molar-refractivity contribution is 5.90. The van der Waals surface area contributed by atoms with Gasteiger partial charge >= 0.3 is 0 Å². The molecule has 0 aliphatic heterocycles. The van der Waals surface area contributed by atoms with E-state index in [-0.39, 0.29) is 5.95 Å². The number of nitrogen functional groups attached to an aromatic ring is 1. The van der Waals surface area contributed by atoms with Gasteiger partial charge in [-0.2, -0.15) is 4.98 Å². The van der Waals surface area contributed by atoms with Crippen molar-refractivity contribution in [2.24, 2.45) is 0 Å². The molecule has 5 nitrogen and oxygen atoms in total. The van der Waals surface area contributed by atoms with Crippen molar-refractivity contribution in [2.75, 3.05) is 5.73 Å². The van der Waals surface area contributed by atoms with E-state index in [1.165, 1.54) is 5.56 Å². The van der Waals surface area contributed by atoms with Crippen molar-refractivity contribution in [3.63, 3.8) is 0 Å². The van der Waals surface area contributed by atoms with Gasteiger partial charge in [0.1, 0.15) is 0 Å². The molecule has 0 fully saturated rings. The molecule has 5 heteroatoms. The molecule has 0 saturated carbocycles. The molecular formula is C20H18N5+. The first-order chi connectivity index (χ1) is 12.2. The van der Waals surface area contributed by atoms with E-state index in [2.05, 4.69) is 58.2 Å². The lowest BCUT2D eigenvalue weighted by atomic mass is 9.98. The van der Waals surface area contributed by atoms with Crippen molar-refractivity contribution in [2.45, 2.75) is 6.54 Å². The lowest BCUT2D eigenvalue weighted by Crippen LogP contribution is -2.47. The lowest BCUT2D eigenvalue weighted by molar-refractivity contribution is -0.386. The Bertz CT molecular complexity index is 1030. The Morgan fingerprint density at radius 2 is 1.64 bits per heavy atom. The molecule has 25 heavy (non-hydrogen) atoms. The van der Waals surface area contributed by atoms with Crippen LogP contribution in [0.15, 0.2) is 66.9 Å². The van der Waals surface area contributed by atoms with E-state index in [1.54, 1.807) is 6.20 Å². The molecule has 0 aliphatic rings. The van der Waals surface area contributed by atoms with Gasteiger partial charge in [-0.05, 0) is 11.6 Å². The third kappa shape index (κ3) is 2.93. The van der Waals surface area contributed by atoms with Gasteiger partial charge in [-0.1, -0.05) is 54.6 Å². The molecule has 4 rings (SSSR count). The molecule has 5 N–H and O–H groups in total. The summed E-state index contributed by atoms with van der Waals surface area (Å²) in [6.45, 7) is 0.765. The van der Waals surface area contributed by atoms with Crippen LogP contribution in [0.3, 0.4) is 0 Å². The number of pyridine rings is 1. The largest absolute Gasteiger partial charge is 0.368 e. The molecule has 0 bridgehead atoms. The molecule has 0 amide bonds. The lowest BCUT2D eigenvalue weighted by Gasteiger charge is -2.11. The minimum absolute atomic E-state index is 0.228. The van der Waals surface area contributed by atoms with Crippen LogP contribution in [0.4, 0.5) is 5.95 Å². The molecule has 0 unspecified atom stereocenters. The first-order valence-corrected chi connectivity index (χ1v) is 8.12. The average Bonchev–Trinajstić information content (AvgIpc) is 2.67. The van der Waals surface area contributed by atoms with Crippen LogP contribution in [0.2, 0.25) is 0 Å². The zero-order chi connectivity index (χ0) is 17.2. The average molecular weight is 328 g/mol. The van der Waals surface area contributed by atoms with Gasteiger partial charge in [0, 0.05) is 28.3 Å². The van der Waals surface area contributed by atoms with Crippen molar-refractivity contribution in [3.8, 4) is 22.4 Å². The van der Waals surface area contributed by atoms with Gasteiger partial charge in [0.05, 0.1) is 12.2 Å². The van der Waals surface area contributed by atoms with Crippen molar-refractivity contribution in [1.82, 2.24) is 15.0 Å². The Hall–Kier alpha value is -3.31. The third-order valence-corrected chi connectivity index (χ3v) is 4.19. The van der Waals surface area contributed by atoms with Crippen LogP contribution in [-0.2, 0) is 6.54 Å². The summed E-state index contributed by atoms with van der Waals surface area (Å²) in [7, 11) is 0. The summed E-state index contributed by atoms with van der Waals surface area (Å²) in [5.41, 5.74) is 15.5. The Morgan fingerprint density at radius 3 is 2.36 bits per heavy atom. The molecule has 0 spiro atoms. The Labute approximate surface area is 145 Å². The van der Waals surface area contributed by atoms with E-state index >= 15 is 0 Å². The Balaban J connectivity index is 1.98. The topological polar surface area (TPSA) is 92.3 Å². The second kappa shape index (κ2) is 6.30. The van der Waals surface area contributed by atoms with E-state index in [9.17, 15) is 0 Å². The molecule has 0 radical (unpaired) electrons. The molecule has 0 atom stereocenters. The molecule has 122 valence electrons. The van der Waals surface area contributed by atoms with Gasteiger partial charge < -0.3 is 11.5 Å². The van der Waals surface area contributed by atoms with E-state index in [0.29, 0.717) is 5.65 Å². The molecule has 2 aromatic carbocycles. The number of hydrogen-bond donors (Lipinski definition) is 2. The van der Waals surface area contributed by atoms with Gasteiger partial charge in [0.2, 0.25) is 5.95 Å². The number of rotatable bonds is 3. The number of nitrogens with zero attached hydrogens (tertiary/aromatic N) is 3. The first-order valence-electron chi connectivity index (χ1n) is 8.12. The maximum atomic E-state index is 5.73. The number of anilines is 1. The van der Waals surface area contributed by atoms with Crippen LogP contribution in [0, 0.1) is 0 Å². The molecule has 2 aromatic heterocycles. The van der Waals surface area contributed by atoms with E-state index < -0.39 is 0 Å². The summed E-state index contributed by atoms with van der Waals surface area (Å²) < 4.78 is 0. The summed E-state index contributed by atoms with van der Waals surface area (Å²) >= 11 is 0. The highest BCUT2D eigenvalue weighted by atomic mass is 15.0. The zero-order valence-corrected chi connectivity index (χ0v) is 13.7. The highest BCUT2D eigenvalue weighted by Crippen LogP contribution is 2.33. The van der Waals surface area contributed by atoms with Gasteiger partial charge in [-0.3, -0.25) is 0 Å². The predicted molar refractivity (Wildman–Crippen MR) is 99.2 cm³/mol. The normalized spacial score (nSPS) is 10.9. The molecule has 2 heterocycles. The quantitative estimate of drug-likeness (QED) is 0.605. The molecule has 0 aliphatic carbocycles. The number of fused-ring (bicyclic) bond motifs is 1. The summed E-state index contributed by atoms with van der Waals surface area (Å²) in [5.74, 6) is 0.228. The van der Waals surface area contributed by atoms with Crippen molar-refractivity contribution in [3.05, 3.63) is 72.4 Å². The van der Waals surface area contributed by atoms with Crippen LogP contribution < -0.4 is 11.5 Å². The first kappa shape index (κ1) is 15.2. The summed E-state index contributed by atoms with van der Waals surface area (Å²) in [5, 5.41) is 0.867. The van der Waals surface area contributed by atoms with Crippen LogP contribution in [0.1, 0.15) is 5.56 Å². The monoisotopic (exact) mass is 328 g/mol. The fourth-order valence-corrected chi connectivity index (χ4v) is 2.86. The van der Waals surface area contributed by atoms with Gasteiger partial charge in [-0.25, -0.2) is 9.97 Å². The maximum Gasteiger partial charge on any atom is 0.222 e. The van der Waals surface area contributed by atoms with E-state index in [4.69, 9.17) is 10.7 Å². The Morgan fingerprint density at radius 1 is 0.880 bits per heavy atom. The van der Waals surface area contributed by atoms with Gasteiger partial charge in [0.15, 0.2) is 5.65 Å². The minimum atomic E-state index is 0.228. The minimum Gasteiger partial charge on any atom is -0.368 e. The molecule has 4 aromatic rings. The number of quaternary nitrogens is 1. The van der Waals surface area contributed by atoms with Crippen LogP contribution >= 0.6 is 0 Å². The molecular weight excluding hydrogens is 310 g/mol. The highest BCUT2D eigenvalue weighted by Gasteiger charge is 2.12. The number of hydrogen-bond acceptors (Lipinski definition) is 4. The maximum absolute atomic E-state index is 5.73. The van der Waals surface area contributed by atoms with E-state index in [1.807, 2.05) is 18.2 Å². The van der Waals surface area contributed by atoms with Crippen LogP contribution in [-0.4, -0.2) is 15.0 Å². The summed E-state index contributed by atoms with van der Waals surface area (Å²) in [6, 6.07) is 20.6. The number of nitrogens with two attached hydrogens (primary N) is 1. The zero-order valence-electron chi connectivity index (χ0n) is 13.7. The fourth-order valence-electron chi connectivity index (χ4n) is 2.86. The van der Waals surface area contributed by atoms with E-state index in [0.717, 1.165) is 34.3 Å². The summed E-state index contributed by atoms with van der Waals surface area (Å²) in [4.78, 5) is 13.2. The second-order valence-electron chi connectivity index (χ2n) is 5.84. The van der Waals surface area contributed by atoms with Gasteiger partial charge in [0.25, 0.3) is 0 Å². The van der Waals surface area contributed by atoms with Crippen LogP contribution in [0.5, 0.6) is 0 Å². The SMILES string of the molecule is Nc1ncc2cc(-c3ccccc3)c(-c3ccc(C[NH3+])cc3)nc2n1. The van der Waals surface area contributed by atoms with Crippen molar-refractivity contribution in [1.29, 1.82) is 0 Å². The second-order valence-corrected chi connectivity index (χ2v) is 5.84. The van der Waals surface area contributed by atoms with Gasteiger partial charge in [-0.15, -0.1) is 0 Å². The predicted octanol–water partition coefficient (Wildman–Crippen LogP) is 2.68. The van der Waals surface area contributed by atoms with Crippen LogP contribution in [0.25, 0.3) is 33.4 Å². The summed E-state index contributed by atoms with van der Waals surface area (Å²) in [6.07, 6.45) is 1.72. The molecule has 0 saturated heterocycles.